The van der Waals surface area contributed by atoms with E-state index in [4.69, 9.17) is 15.5 Å². The van der Waals surface area contributed by atoms with Crippen molar-refractivity contribution in [3.8, 4) is 11.5 Å². The summed E-state index contributed by atoms with van der Waals surface area (Å²) in [5, 5.41) is 6.29. The van der Waals surface area contributed by atoms with Gasteiger partial charge in [-0.2, -0.15) is 0 Å². The van der Waals surface area contributed by atoms with Gasteiger partial charge >= 0.3 is 6.09 Å². The van der Waals surface area contributed by atoms with Crippen molar-refractivity contribution in [2.75, 3.05) is 18.9 Å². The van der Waals surface area contributed by atoms with Crippen molar-refractivity contribution in [1.82, 2.24) is 30.2 Å². The number of hydrogen-bond donors (Lipinski definition) is 3. The van der Waals surface area contributed by atoms with Crippen LogP contribution in [0.2, 0.25) is 0 Å². The van der Waals surface area contributed by atoms with Gasteiger partial charge in [0.05, 0.1) is 17.6 Å². The molecule has 3 aromatic heterocycles. The number of carbonyl (C=O) groups is 2. The van der Waals surface area contributed by atoms with Crippen LogP contribution in [0.15, 0.2) is 85.1 Å². The lowest BCUT2D eigenvalue weighted by molar-refractivity contribution is -0.117. The first-order chi connectivity index (χ1) is 19.4. The lowest BCUT2D eigenvalue weighted by Crippen LogP contribution is -2.31. The molecule has 0 bridgehead atoms. The molecule has 0 fully saturated rings. The molecule has 0 spiro atoms. The van der Waals surface area contributed by atoms with Gasteiger partial charge in [-0.05, 0) is 36.2 Å². The highest BCUT2D eigenvalue weighted by Crippen LogP contribution is 2.32. The number of rotatable bonds is 9. The van der Waals surface area contributed by atoms with Crippen LogP contribution >= 0.6 is 0 Å². The number of nitrogen functional groups attached to an aromatic ring is 1. The van der Waals surface area contributed by atoms with E-state index in [1.165, 1.54) is 0 Å². The van der Waals surface area contributed by atoms with Gasteiger partial charge in [-0.25, -0.2) is 14.8 Å². The Balaban J connectivity index is 1.33. The largest absolute Gasteiger partial charge is 0.448 e. The Morgan fingerprint density at radius 3 is 2.48 bits per heavy atom. The van der Waals surface area contributed by atoms with Gasteiger partial charge in [0.1, 0.15) is 17.8 Å². The number of amides is 2. The third-order valence-electron chi connectivity index (χ3n) is 6.31. The Morgan fingerprint density at radius 2 is 1.73 bits per heavy atom. The lowest BCUT2D eigenvalue weighted by atomic mass is 10.1. The van der Waals surface area contributed by atoms with Gasteiger partial charge in [0.2, 0.25) is 5.91 Å². The number of anilines is 1. The number of pyridine rings is 2. The van der Waals surface area contributed by atoms with E-state index < -0.39 is 6.09 Å². The molecule has 2 aromatic carbocycles. The first-order valence-corrected chi connectivity index (χ1v) is 12.8. The predicted molar refractivity (Wildman–Crippen MR) is 154 cm³/mol. The van der Waals surface area contributed by atoms with E-state index in [0.717, 1.165) is 33.2 Å². The minimum atomic E-state index is -0.559. The molecule has 0 saturated heterocycles. The van der Waals surface area contributed by atoms with Crippen molar-refractivity contribution in [2.45, 2.75) is 20.0 Å². The molecule has 0 atom stereocenters. The number of nitrogens with two attached hydrogens (primary N) is 1. The maximum atomic E-state index is 12.0. The summed E-state index contributed by atoms with van der Waals surface area (Å²) >= 11 is 0. The van der Waals surface area contributed by atoms with Gasteiger partial charge in [-0.3, -0.25) is 9.78 Å². The van der Waals surface area contributed by atoms with E-state index in [9.17, 15) is 9.59 Å². The Morgan fingerprint density at radius 1 is 0.975 bits per heavy atom. The zero-order valence-electron chi connectivity index (χ0n) is 22.1. The van der Waals surface area contributed by atoms with E-state index >= 15 is 0 Å². The van der Waals surface area contributed by atoms with Crippen molar-refractivity contribution in [1.29, 1.82) is 0 Å². The summed E-state index contributed by atoms with van der Waals surface area (Å²) in [5.74, 6) is 0.804. The molecule has 0 aliphatic rings. The van der Waals surface area contributed by atoms with Gasteiger partial charge < -0.3 is 25.7 Å². The van der Waals surface area contributed by atoms with E-state index in [1.54, 1.807) is 13.1 Å². The average Bonchev–Trinajstić information content (AvgIpc) is 3.35. The maximum Gasteiger partial charge on any atom is 0.407 e. The fraction of sp³-hybridized carbons (Fsp3) is 0.167. The van der Waals surface area contributed by atoms with Crippen LogP contribution in [0.3, 0.4) is 0 Å². The lowest BCUT2D eigenvalue weighted by Gasteiger charge is -2.12. The molecular weight excluding hydrogens is 506 g/mol. The van der Waals surface area contributed by atoms with Crippen molar-refractivity contribution in [2.24, 2.45) is 0 Å². The van der Waals surface area contributed by atoms with Gasteiger partial charge in [0.25, 0.3) is 0 Å². The summed E-state index contributed by atoms with van der Waals surface area (Å²) in [7, 11) is 0. The topological polar surface area (TPSA) is 137 Å². The number of para-hydroxylation sites is 1. The quantitative estimate of drug-likeness (QED) is 0.190. The number of nitrogens with one attached hydrogen (secondary N) is 2. The molecule has 202 valence electrons. The highest BCUT2D eigenvalue weighted by Gasteiger charge is 2.19. The zero-order valence-corrected chi connectivity index (χ0v) is 22.1. The van der Waals surface area contributed by atoms with E-state index in [-0.39, 0.29) is 19.1 Å². The molecule has 4 N–H and O–H groups in total. The Kier molecular flexibility index (Phi) is 7.68. The molecule has 5 aromatic rings. The van der Waals surface area contributed by atoms with Gasteiger partial charge in [0, 0.05) is 30.2 Å². The van der Waals surface area contributed by atoms with Crippen LogP contribution in [0, 0.1) is 0 Å². The minimum Gasteiger partial charge on any atom is -0.448 e. The average molecular weight is 536 g/mol. The van der Waals surface area contributed by atoms with Gasteiger partial charge in [-0.15, -0.1) is 0 Å². The molecule has 0 radical (unpaired) electrons. The van der Waals surface area contributed by atoms with Crippen LogP contribution in [-0.4, -0.2) is 44.7 Å². The SMILES string of the molecule is C=C(C)C(=O)NCCOC(=O)NCc1ccc(Cn2c(-c3ccccn3)nc3c(N)nc4ccccc4c32)cc1. The molecule has 5 rings (SSSR count). The van der Waals surface area contributed by atoms with Gasteiger partial charge in [-0.1, -0.05) is 55.1 Å². The van der Waals surface area contributed by atoms with Crippen LogP contribution < -0.4 is 16.4 Å². The Labute approximate surface area is 230 Å². The van der Waals surface area contributed by atoms with E-state index in [2.05, 4.69) is 31.7 Å². The summed E-state index contributed by atoms with van der Waals surface area (Å²) in [6.45, 7) is 6.28. The standard InChI is InChI=1S/C30H29N7O3/c1-19(2)29(38)33-15-16-40-30(39)34-17-20-10-12-21(13-11-20)18-37-26-22-7-3-4-8-23(22)35-27(31)25(26)36-28(37)24-9-5-6-14-32-24/h3-14H,1,15-18H2,2H3,(H2,31,35)(H,33,38)(H,34,39). The predicted octanol–water partition coefficient (Wildman–Crippen LogP) is 4.20. The smallest absolute Gasteiger partial charge is 0.407 e. The zero-order chi connectivity index (χ0) is 28.1. The summed E-state index contributed by atoms with van der Waals surface area (Å²) in [6.07, 6.45) is 1.18. The minimum absolute atomic E-state index is 0.0655. The van der Waals surface area contributed by atoms with Crippen LogP contribution in [-0.2, 0) is 22.6 Å². The molecule has 10 heteroatoms. The van der Waals surface area contributed by atoms with Crippen molar-refractivity contribution < 1.29 is 14.3 Å². The number of nitrogens with zero attached hydrogens (tertiary/aromatic N) is 4. The fourth-order valence-electron chi connectivity index (χ4n) is 4.33. The van der Waals surface area contributed by atoms with Crippen molar-refractivity contribution in [3.63, 3.8) is 0 Å². The molecule has 0 aliphatic carbocycles. The molecular formula is C30H29N7O3. The first-order valence-electron chi connectivity index (χ1n) is 12.8. The molecule has 0 unspecified atom stereocenters. The molecule has 0 aliphatic heterocycles. The third-order valence-corrected chi connectivity index (χ3v) is 6.31. The fourth-order valence-corrected chi connectivity index (χ4v) is 4.33. The third kappa shape index (κ3) is 5.75. The molecule has 2 amide bonds. The Hall–Kier alpha value is -5.25. The molecule has 3 heterocycles. The number of benzene rings is 2. The summed E-state index contributed by atoms with van der Waals surface area (Å²) < 4.78 is 7.22. The van der Waals surface area contributed by atoms with E-state index in [0.29, 0.717) is 35.8 Å². The second-order valence-electron chi connectivity index (χ2n) is 9.29. The number of aromatic nitrogens is 4. The number of carbonyl (C=O) groups excluding carboxylic acids is 2. The normalized spacial score (nSPS) is 10.9. The Bertz CT molecular complexity index is 1700. The first kappa shape index (κ1) is 26.4. The molecule has 40 heavy (non-hydrogen) atoms. The highest BCUT2D eigenvalue weighted by atomic mass is 16.5. The maximum absolute atomic E-state index is 12.0. The van der Waals surface area contributed by atoms with Crippen molar-refractivity contribution in [3.05, 3.63) is 96.2 Å². The molecule has 0 saturated carbocycles. The van der Waals surface area contributed by atoms with Crippen molar-refractivity contribution >= 4 is 39.8 Å². The second kappa shape index (κ2) is 11.6. The van der Waals surface area contributed by atoms with Crippen LogP contribution in [0.4, 0.5) is 10.6 Å². The van der Waals surface area contributed by atoms with Crippen LogP contribution in [0.1, 0.15) is 18.1 Å². The van der Waals surface area contributed by atoms with Crippen LogP contribution in [0.5, 0.6) is 0 Å². The number of alkyl carbamates (subject to hydrolysis) is 1. The number of fused-ring (bicyclic) bond motifs is 3. The summed E-state index contributed by atoms with van der Waals surface area (Å²) in [5.41, 5.74) is 11.8. The molecule has 10 nitrogen and oxygen atoms in total. The number of hydrogen-bond acceptors (Lipinski definition) is 7. The number of ether oxygens (including phenoxy) is 1. The summed E-state index contributed by atoms with van der Waals surface area (Å²) in [6, 6.07) is 21.5. The highest BCUT2D eigenvalue weighted by molar-refractivity contribution is 6.07. The monoisotopic (exact) mass is 535 g/mol. The van der Waals surface area contributed by atoms with Crippen LogP contribution in [0.25, 0.3) is 33.5 Å². The second-order valence-corrected chi connectivity index (χ2v) is 9.29. The van der Waals surface area contributed by atoms with E-state index in [1.807, 2.05) is 66.7 Å². The number of imidazole rings is 1. The van der Waals surface area contributed by atoms with Gasteiger partial charge in [0.15, 0.2) is 11.6 Å². The summed E-state index contributed by atoms with van der Waals surface area (Å²) in [4.78, 5) is 37.4.